The number of carbonyl (C=O) groups excluding carboxylic acids is 2. The van der Waals surface area contributed by atoms with Crippen LogP contribution in [0.2, 0.25) is 0 Å². The summed E-state index contributed by atoms with van der Waals surface area (Å²) < 4.78 is 10.7. The number of hydrogen-bond donors (Lipinski definition) is 1. The Hall–Kier alpha value is -3.22. The van der Waals surface area contributed by atoms with Gasteiger partial charge < -0.3 is 24.6 Å². The maximum Gasteiger partial charge on any atom is 0.231 e. The highest BCUT2D eigenvalue weighted by Gasteiger charge is 2.35. The van der Waals surface area contributed by atoms with Gasteiger partial charge >= 0.3 is 0 Å². The number of rotatable bonds is 4. The van der Waals surface area contributed by atoms with Crippen LogP contribution in [0, 0.1) is 5.92 Å². The average molecular weight is 367 g/mol. The number of nitrogens with zero attached hydrogens (tertiary/aromatic N) is 2. The van der Waals surface area contributed by atoms with E-state index in [0.717, 1.165) is 11.4 Å². The molecule has 0 spiro atoms. The van der Waals surface area contributed by atoms with Gasteiger partial charge in [0.25, 0.3) is 0 Å². The molecular formula is C20H21N3O4. The van der Waals surface area contributed by atoms with Crippen LogP contribution in [0.4, 0.5) is 17.1 Å². The molecule has 7 heteroatoms. The van der Waals surface area contributed by atoms with Crippen molar-refractivity contribution < 1.29 is 19.1 Å². The van der Waals surface area contributed by atoms with E-state index < -0.39 is 5.92 Å². The van der Waals surface area contributed by atoms with Gasteiger partial charge in [-0.1, -0.05) is 6.07 Å². The van der Waals surface area contributed by atoms with Crippen LogP contribution >= 0.6 is 0 Å². The van der Waals surface area contributed by atoms with Crippen molar-refractivity contribution in [2.75, 3.05) is 42.5 Å². The van der Waals surface area contributed by atoms with E-state index in [-0.39, 0.29) is 25.0 Å². The second kappa shape index (κ2) is 6.83. The first-order chi connectivity index (χ1) is 13.0. The van der Waals surface area contributed by atoms with Gasteiger partial charge in [0.1, 0.15) is 0 Å². The lowest BCUT2D eigenvalue weighted by molar-refractivity contribution is -0.122. The van der Waals surface area contributed by atoms with Crippen LogP contribution in [0.25, 0.3) is 0 Å². The highest BCUT2D eigenvalue weighted by atomic mass is 16.7. The van der Waals surface area contributed by atoms with Crippen molar-refractivity contribution in [3.8, 4) is 11.5 Å². The van der Waals surface area contributed by atoms with E-state index in [1.807, 2.05) is 49.3 Å². The maximum atomic E-state index is 12.7. The Morgan fingerprint density at radius 2 is 1.96 bits per heavy atom. The zero-order valence-electron chi connectivity index (χ0n) is 15.3. The molecule has 0 radical (unpaired) electrons. The van der Waals surface area contributed by atoms with Gasteiger partial charge in [-0.3, -0.25) is 9.59 Å². The minimum absolute atomic E-state index is 0.0731. The van der Waals surface area contributed by atoms with Crippen LogP contribution in [-0.2, 0) is 9.59 Å². The molecule has 2 amide bonds. The largest absolute Gasteiger partial charge is 0.454 e. The summed E-state index contributed by atoms with van der Waals surface area (Å²) in [5.41, 5.74) is 2.44. The molecule has 1 fully saturated rings. The van der Waals surface area contributed by atoms with E-state index in [2.05, 4.69) is 5.32 Å². The van der Waals surface area contributed by atoms with Crippen molar-refractivity contribution in [3.05, 3.63) is 42.5 Å². The summed E-state index contributed by atoms with van der Waals surface area (Å²) in [6, 6.07) is 13.0. The second-order valence-electron chi connectivity index (χ2n) is 6.88. The molecule has 0 bridgehead atoms. The third kappa shape index (κ3) is 3.40. The summed E-state index contributed by atoms with van der Waals surface area (Å²) >= 11 is 0. The van der Waals surface area contributed by atoms with E-state index in [1.165, 1.54) is 0 Å². The quantitative estimate of drug-likeness (QED) is 0.899. The number of hydrogen-bond acceptors (Lipinski definition) is 5. The third-order valence-corrected chi connectivity index (χ3v) is 4.79. The fraction of sp³-hybridized carbons (Fsp3) is 0.300. The molecule has 1 atom stereocenters. The Kier molecular flexibility index (Phi) is 4.35. The predicted molar refractivity (Wildman–Crippen MR) is 102 cm³/mol. The van der Waals surface area contributed by atoms with Crippen molar-refractivity contribution in [1.29, 1.82) is 0 Å². The van der Waals surface area contributed by atoms with Crippen molar-refractivity contribution in [3.63, 3.8) is 0 Å². The molecule has 0 aromatic heterocycles. The lowest BCUT2D eigenvalue weighted by atomic mass is 10.1. The van der Waals surface area contributed by atoms with Crippen LogP contribution in [0.1, 0.15) is 6.42 Å². The SMILES string of the molecule is CN(C)c1cccc(NC(=O)C2CC(=O)N(c3ccc4c(c3)OCO4)C2)c1. The van der Waals surface area contributed by atoms with Crippen LogP contribution in [0.15, 0.2) is 42.5 Å². The maximum absolute atomic E-state index is 12.7. The number of fused-ring (bicyclic) bond motifs is 1. The normalized spacial score (nSPS) is 17.9. The fourth-order valence-electron chi connectivity index (χ4n) is 3.29. The smallest absolute Gasteiger partial charge is 0.231 e. The molecule has 2 aliphatic heterocycles. The molecule has 2 aliphatic rings. The van der Waals surface area contributed by atoms with E-state index in [4.69, 9.17) is 9.47 Å². The van der Waals surface area contributed by atoms with Gasteiger partial charge in [0, 0.05) is 50.2 Å². The lowest BCUT2D eigenvalue weighted by Crippen LogP contribution is -2.28. The molecular weight excluding hydrogens is 346 g/mol. The summed E-state index contributed by atoms with van der Waals surface area (Å²) in [6.45, 7) is 0.529. The minimum atomic E-state index is -0.397. The predicted octanol–water partition coefficient (Wildman–Crippen LogP) is 2.47. The Bertz CT molecular complexity index is 897. The van der Waals surface area contributed by atoms with Crippen LogP contribution in [0.5, 0.6) is 11.5 Å². The van der Waals surface area contributed by atoms with E-state index in [1.54, 1.807) is 17.0 Å². The minimum Gasteiger partial charge on any atom is -0.454 e. The van der Waals surface area contributed by atoms with Gasteiger partial charge in [-0.2, -0.15) is 0 Å². The summed E-state index contributed by atoms with van der Waals surface area (Å²) in [5, 5.41) is 2.92. The Morgan fingerprint density at radius 3 is 2.78 bits per heavy atom. The number of benzene rings is 2. The number of carbonyl (C=O) groups is 2. The van der Waals surface area contributed by atoms with Crippen molar-refractivity contribution in [2.45, 2.75) is 6.42 Å². The molecule has 140 valence electrons. The number of nitrogens with one attached hydrogen (secondary N) is 1. The zero-order chi connectivity index (χ0) is 19.0. The molecule has 4 rings (SSSR count). The third-order valence-electron chi connectivity index (χ3n) is 4.79. The molecule has 1 unspecified atom stereocenters. The fourth-order valence-corrected chi connectivity index (χ4v) is 3.29. The lowest BCUT2D eigenvalue weighted by Gasteiger charge is -2.17. The van der Waals surface area contributed by atoms with E-state index >= 15 is 0 Å². The van der Waals surface area contributed by atoms with Gasteiger partial charge in [0.05, 0.1) is 5.92 Å². The number of ether oxygens (including phenoxy) is 2. The van der Waals surface area contributed by atoms with Crippen molar-refractivity contribution >= 4 is 28.9 Å². The first-order valence-corrected chi connectivity index (χ1v) is 8.79. The van der Waals surface area contributed by atoms with Gasteiger partial charge in [0.15, 0.2) is 11.5 Å². The average Bonchev–Trinajstić information content (AvgIpc) is 3.27. The number of amides is 2. The van der Waals surface area contributed by atoms with Crippen molar-refractivity contribution in [2.24, 2.45) is 5.92 Å². The Morgan fingerprint density at radius 1 is 1.15 bits per heavy atom. The van der Waals surface area contributed by atoms with E-state index in [0.29, 0.717) is 23.7 Å². The van der Waals surface area contributed by atoms with Gasteiger partial charge in [-0.05, 0) is 30.3 Å². The van der Waals surface area contributed by atoms with Gasteiger partial charge in [-0.15, -0.1) is 0 Å². The molecule has 1 saturated heterocycles. The van der Waals surface area contributed by atoms with Gasteiger partial charge in [0.2, 0.25) is 18.6 Å². The second-order valence-corrected chi connectivity index (χ2v) is 6.88. The molecule has 27 heavy (non-hydrogen) atoms. The van der Waals surface area contributed by atoms with Gasteiger partial charge in [-0.25, -0.2) is 0 Å². The summed E-state index contributed by atoms with van der Waals surface area (Å²) in [5.74, 6) is 0.665. The summed E-state index contributed by atoms with van der Waals surface area (Å²) in [7, 11) is 3.89. The van der Waals surface area contributed by atoms with Crippen LogP contribution < -0.4 is 24.6 Å². The molecule has 0 saturated carbocycles. The highest BCUT2D eigenvalue weighted by Crippen LogP contribution is 2.37. The highest BCUT2D eigenvalue weighted by molar-refractivity contribution is 6.03. The molecule has 7 nitrogen and oxygen atoms in total. The topological polar surface area (TPSA) is 71.1 Å². The molecule has 2 aromatic carbocycles. The Labute approximate surface area is 157 Å². The summed E-state index contributed by atoms with van der Waals surface area (Å²) in [4.78, 5) is 28.7. The van der Waals surface area contributed by atoms with Crippen LogP contribution in [-0.4, -0.2) is 39.2 Å². The summed E-state index contributed by atoms with van der Waals surface area (Å²) in [6.07, 6.45) is 0.188. The first-order valence-electron chi connectivity index (χ1n) is 8.79. The van der Waals surface area contributed by atoms with E-state index in [9.17, 15) is 9.59 Å². The standard InChI is InChI=1S/C20H21N3O4/c1-22(2)15-5-3-4-14(9-15)21-20(25)13-8-19(24)23(11-13)16-6-7-17-18(10-16)27-12-26-17/h3-7,9-10,13H,8,11-12H2,1-2H3,(H,21,25). The Balaban J connectivity index is 1.45. The molecule has 2 heterocycles. The van der Waals surface area contributed by atoms with Crippen LogP contribution in [0.3, 0.4) is 0 Å². The molecule has 0 aliphatic carbocycles. The molecule has 1 N–H and O–H groups in total. The molecule has 2 aromatic rings. The number of anilines is 3. The van der Waals surface area contributed by atoms with Crippen molar-refractivity contribution in [1.82, 2.24) is 0 Å². The first kappa shape index (κ1) is 17.2. The monoisotopic (exact) mass is 367 g/mol. The zero-order valence-corrected chi connectivity index (χ0v) is 15.3.